The molecule has 2 rings (SSSR count). The Kier molecular flexibility index (Phi) is 5.74. The van der Waals surface area contributed by atoms with Crippen LogP contribution in [0.25, 0.3) is 0 Å². The molecule has 0 unspecified atom stereocenters. The number of nitrogens with two attached hydrogens (primary N) is 1. The normalized spacial score (nSPS) is 11.9. The minimum absolute atomic E-state index is 0.0264. The van der Waals surface area contributed by atoms with Gasteiger partial charge in [0.15, 0.2) is 0 Å². The molecule has 1 aromatic carbocycles. The van der Waals surface area contributed by atoms with E-state index in [0.717, 1.165) is 9.13 Å². The Hall–Kier alpha value is -2.47. The molecule has 25 heavy (non-hydrogen) atoms. The van der Waals surface area contributed by atoms with E-state index in [-0.39, 0.29) is 27.8 Å². The van der Waals surface area contributed by atoms with Crippen molar-refractivity contribution in [3.05, 3.63) is 66.0 Å². The maximum atomic E-state index is 12.5. The van der Waals surface area contributed by atoms with E-state index in [0.29, 0.717) is 0 Å². The number of hydrogen-bond acceptors (Lipinski definition) is 5. The summed E-state index contributed by atoms with van der Waals surface area (Å²) >= 11 is 1.72. The van der Waals surface area contributed by atoms with Gasteiger partial charge in [-0.3, -0.25) is 18.7 Å². The van der Waals surface area contributed by atoms with Gasteiger partial charge in [-0.05, 0) is 34.2 Å². The predicted molar refractivity (Wildman–Crippen MR) is 95.8 cm³/mol. The fourth-order valence-corrected chi connectivity index (χ4v) is 2.84. The molecule has 0 aliphatic carbocycles. The molecule has 0 aliphatic heterocycles. The van der Waals surface area contributed by atoms with Crippen LogP contribution in [0.2, 0.25) is 0 Å². The second-order valence-electron chi connectivity index (χ2n) is 5.21. The second-order valence-corrected chi connectivity index (χ2v) is 6.37. The maximum absolute atomic E-state index is 12.5. The van der Waals surface area contributed by atoms with Gasteiger partial charge in [0.05, 0.1) is 22.2 Å². The van der Waals surface area contributed by atoms with E-state index in [1.54, 1.807) is 28.7 Å². The molecular formula is C15H14IN3O6. The summed E-state index contributed by atoms with van der Waals surface area (Å²) in [5.74, 6) is -2.46. The van der Waals surface area contributed by atoms with Crippen LogP contribution in [0.3, 0.4) is 0 Å². The zero-order valence-electron chi connectivity index (χ0n) is 12.8. The van der Waals surface area contributed by atoms with Gasteiger partial charge in [0.25, 0.3) is 5.56 Å². The average Bonchev–Trinajstić information content (AvgIpc) is 2.56. The van der Waals surface area contributed by atoms with Gasteiger partial charge in [0, 0.05) is 6.20 Å². The first kappa shape index (κ1) is 18.9. The Morgan fingerprint density at radius 2 is 1.84 bits per heavy atom. The van der Waals surface area contributed by atoms with E-state index in [1.807, 2.05) is 0 Å². The van der Waals surface area contributed by atoms with Gasteiger partial charge < -0.3 is 15.9 Å². The van der Waals surface area contributed by atoms with Gasteiger partial charge in [0.1, 0.15) is 6.04 Å². The number of carboxylic acids is 2. The number of nitrogens with zero attached hydrogens (tertiary/aromatic N) is 2. The molecule has 0 saturated heterocycles. The highest BCUT2D eigenvalue weighted by atomic mass is 127. The van der Waals surface area contributed by atoms with Crippen molar-refractivity contribution < 1.29 is 19.8 Å². The third-order valence-corrected chi connectivity index (χ3v) is 4.22. The van der Waals surface area contributed by atoms with E-state index < -0.39 is 29.2 Å². The minimum atomic E-state index is -1.31. The van der Waals surface area contributed by atoms with Gasteiger partial charge in [-0.25, -0.2) is 9.59 Å². The van der Waals surface area contributed by atoms with Crippen LogP contribution in [0.4, 0.5) is 0 Å². The summed E-state index contributed by atoms with van der Waals surface area (Å²) in [6.07, 6.45) is 1.23. The molecule has 1 atom stereocenters. The van der Waals surface area contributed by atoms with Gasteiger partial charge in [0.2, 0.25) is 0 Å². The smallest absolute Gasteiger partial charge is 0.336 e. The van der Waals surface area contributed by atoms with Gasteiger partial charge >= 0.3 is 17.6 Å². The SMILES string of the molecule is N[C@@H](Cn1cc(I)c(=O)n(Cc2ccccc2C(=O)O)c1=O)C(=O)O. The zero-order valence-corrected chi connectivity index (χ0v) is 14.9. The molecule has 9 nitrogen and oxygen atoms in total. The van der Waals surface area contributed by atoms with Crippen molar-refractivity contribution in [2.45, 2.75) is 19.1 Å². The number of halogens is 1. The van der Waals surface area contributed by atoms with E-state index in [2.05, 4.69) is 0 Å². The molecule has 1 heterocycles. The quantitative estimate of drug-likeness (QED) is 0.507. The summed E-state index contributed by atoms with van der Waals surface area (Å²) in [4.78, 5) is 47.0. The summed E-state index contributed by atoms with van der Waals surface area (Å²) in [5.41, 5.74) is 4.35. The number of rotatable bonds is 6. The Labute approximate surface area is 154 Å². The predicted octanol–water partition coefficient (Wildman–Crippen LogP) is -0.227. The third-order valence-electron chi connectivity index (χ3n) is 3.48. The largest absolute Gasteiger partial charge is 0.480 e. The van der Waals surface area contributed by atoms with E-state index in [9.17, 15) is 24.3 Å². The van der Waals surface area contributed by atoms with E-state index >= 15 is 0 Å². The van der Waals surface area contributed by atoms with Crippen molar-refractivity contribution in [1.82, 2.24) is 9.13 Å². The van der Waals surface area contributed by atoms with Crippen LogP contribution in [-0.2, 0) is 17.9 Å². The van der Waals surface area contributed by atoms with Crippen LogP contribution >= 0.6 is 22.6 Å². The molecule has 0 saturated carbocycles. The number of hydrogen-bond donors (Lipinski definition) is 3. The van der Waals surface area contributed by atoms with E-state index in [4.69, 9.17) is 10.8 Å². The molecule has 0 amide bonds. The van der Waals surface area contributed by atoms with Crippen molar-refractivity contribution in [1.29, 1.82) is 0 Å². The minimum Gasteiger partial charge on any atom is -0.480 e. The number of aliphatic carboxylic acids is 1. The average molecular weight is 459 g/mol. The zero-order chi connectivity index (χ0) is 18.7. The molecule has 0 bridgehead atoms. The fourth-order valence-electron chi connectivity index (χ4n) is 2.22. The maximum Gasteiger partial charge on any atom is 0.336 e. The lowest BCUT2D eigenvalue weighted by Gasteiger charge is -2.14. The van der Waals surface area contributed by atoms with Crippen molar-refractivity contribution in [2.75, 3.05) is 0 Å². The first-order valence-electron chi connectivity index (χ1n) is 7.01. The number of benzene rings is 1. The molecule has 0 aliphatic rings. The lowest BCUT2D eigenvalue weighted by atomic mass is 10.1. The first-order valence-corrected chi connectivity index (χ1v) is 8.09. The Balaban J connectivity index is 2.54. The Morgan fingerprint density at radius 1 is 1.20 bits per heavy atom. The molecule has 0 spiro atoms. The molecular weight excluding hydrogens is 445 g/mol. The monoisotopic (exact) mass is 459 g/mol. The van der Waals surface area contributed by atoms with Crippen LogP contribution in [0.5, 0.6) is 0 Å². The number of aromatic carboxylic acids is 1. The number of carbonyl (C=O) groups is 2. The lowest BCUT2D eigenvalue weighted by Crippen LogP contribution is -2.45. The molecule has 4 N–H and O–H groups in total. The Morgan fingerprint density at radius 3 is 2.44 bits per heavy atom. The Bertz CT molecular complexity index is 949. The van der Waals surface area contributed by atoms with Crippen LogP contribution in [0.15, 0.2) is 40.1 Å². The van der Waals surface area contributed by atoms with Crippen LogP contribution in [0.1, 0.15) is 15.9 Å². The van der Waals surface area contributed by atoms with Crippen LogP contribution in [-0.4, -0.2) is 37.3 Å². The molecule has 0 radical (unpaired) electrons. The third kappa shape index (κ3) is 4.14. The standard InChI is InChI=1S/C15H14IN3O6/c16-10-6-18(7-11(17)14(23)24)15(25)19(12(10)20)5-8-3-1-2-4-9(8)13(21)22/h1-4,6,11H,5,7,17H2,(H,21,22)(H,23,24)/t11-/m0/s1. The van der Waals surface area contributed by atoms with Crippen molar-refractivity contribution in [3.8, 4) is 0 Å². The van der Waals surface area contributed by atoms with Crippen molar-refractivity contribution >= 4 is 34.5 Å². The summed E-state index contributed by atoms with van der Waals surface area (Å²) in [6.45, 7) is -0.565. The van der Waals surface area contributed by atoms with Crippen LogP contribution < -0.4 is 17.0 Å². The lowest BCUT2D eigenvalue weighted by molar-refractivity contribution is -0.138. The molecule has 10 heteroatoms. The summed E-state index contributed by atoms with van der Waals surface area (Å²) in [7, 11) is 0. The molecule has 1 aromatic heterocycles. The van der Waals surface area contributed by atoms with Crippen molar-refractivity contribution in [2.24, 2.45) is 5.73 Å². The molecule has 2 aromatic rings. The fraction of sp³-hybridized carbons (Fsp3) is 0.200. The van der Waals surface area contributed by atoms with Crippen LogP contribution in [0, 0.1) is 3.57 Å². The van der Waals surface area contributed by atoms with Gasteiger partial charge in [-0.2, -0.15) is 0 Å². The highest BCUT2D eigenvalue weighted by Gasteiger charge is 2.18. The van der Waals surface area contributed by atoms with Crippen molar-refractivity contribution in [3.63, 3.8) is 0 Å². The highest BCUT2D eigenvalue weighted by molar-refractivity contribution is 14.1. The highest BCUT2D eigenvalue weighted by Crippen LogP contribution is 2.09. The summed E-state index contributed by atoms with van der Waals surface area (Å²) in [6, 6.07) is 4.69. The molecule has 132 valence electrons. The second kappa shape index (κ2) is 7.61. The summed E-state index contributed by atoms with van der Waals surface area (Å²) < 4.78 is 2.08. The topological polar surface area (TPSA) is 145 Å². The molecule has 0 fully saturated rings. The number of aromatic nitrogens is 2. The first-order chi connectivity index (χ1) is 11.7. The van der Waals surface area contributed by atoms with E-state index in [1.165, 1.54) is 24.4 Å². The van der Waals surface area contributed by atoms with Gasteiger partial charge in [-0.15, -0.1) is 0 Å². The van der Waals surface area contributed by atoms with Gasteiger partial charge in [-0.1, -0.05) is 18.2 Å². The number of carboxylic acid groups (broad SMARTS) is 2. The summed E-state index contributed by atoms with van der Waals surface area (Å²) in [5, 5.41) is 18.1.